The molecule has 0 aliphatic carbocycles. The van der Waals surface area contributed by atoms with Gasteiger partial charge in [-0.05, 0) is 30.9 Å². The SMILES string of the molecule is Cc1cccc(CC/C(=C\Cl)CN)c1.Cl. The molecule has 15 heavy (non-hydrogen) atoms. The third-order valence-corrected chi connectivity index (χ3v) is 2.54. The molecule has 0 bridgehead atoms. The van der Waals surface area contributed by atoms with Crippen LogP contribution in [0.4, 0.5) is 0 Å². The van der Waals surface area contributed by atoms with Crippen molar-refractivity contribution >= 4 is 24.0 Å². The quantitative estimate of drug-likeness (QED) is 0.865. The summed E-state index contributed by atoms with van der Waals surface area (Å²) in [5.41, 5.74) is 10.9. The lowest BCUT2D eigenvalue weighted by atomic mass is 10.0. The smallest absolute Gasteiger partial charge is 0.0148 e. The van der Waals surface area contributed by atoms with E-state index in [4.69, 9.17) is 17.3 Å². The maximum absolute atomic E-state index is 5.62. The molecule has 84 valence electrons. The Morgan fingerprint density at radius 1 is 1.47 bits per heavy atom. The van der Waals surface area contributed by atoms with E-state index in [1.165, 1.54) is 11.1 Å². The largest absolute Gasteiger partial charge is 0.327 e. The van der Waals surface area contributed by atoms with Gasteiger partial charge in [0.15, 0.2) is 0 Å². The molecular formula is C12H17Cl2N. The number of nitrogens with two attached hydrogens (primary N) is 1. The van der Waals surface area contributed by atoms with E-state index in [2.05, 4.69) is 31.2 Å². The van der Waals surface area contributed by atoms with Crippen LogP contribution >= 0.6 is 24.0 Å². The zero-order valence-corrected chi connectivity index (χ0v) is 10.4. The van der Waals surface area contributed by atoms with Crippen molar-refractivity contribution in [2.24, 2.45) is 5.73 Å². The van der Waals surface area contributed by atoms with Crippen molar-refractivity contribution in [2.45, 2.75) is 19.8 Å². The highest BCUT2D eigenvalue weighted by Gasteiger charge is 1.97. The summed E-state index contributed by atoms with van der Waals surface area (Å²) in [6.45, 7) is 2.65. The van der Waals surface area contributed by atoms with Crippen LogP contribution in [-0.2, 0) is 6.42 Å². The van der Waals surface area contributed by atoms with Gasteiger partial charge in [-0.1, -0.05) is 41.4 Å². The summed E-state index contributed by atoms with van der Waals surface area (Å²) in [4.78, 5) is 0. The first-order valence-corrected chi connectivity index (χ1v) is 5.23. The summed E-state index contributed by atoms with van der Waals surface area (Å²) in [6, 6.07) is 8.51. The summed E-state index contributed by atoms with van der Waals surface area (Å²) in [7, 11) is 0. The number of hydrogen-bond donors (Lipinski definition) is 1. The Labute approximate surface area is 103 Å². The lowest BCUT2D eigenvalue weighted by Crippen LogP contribution is -2.03. The molecule has 0 heterocycles. The zero-order chi connectivity index (χ0) is 10.4. The predicted molar refractivity (Wildman–Crippen MR) is 69.7 cm³/mol. The Bertz CT molecular complexity index is 321. The molecule has 0 radical (unpaired) electrons. The molecule has 0 atom stereocenters. The second kappa shape index (κ2) is 7.75. The fourth-order valence-electron chi connectivity index (χ4n) is 1.37. The summed E-state index contributed by atoms with van der Waals surface area (Å²) in [5.74, 6) is 0. The summed E-state index contributed by atoms with van der Waals surface area (Å²) >= 11 is 5.62. The summed E-state index contributed by atoms with van der Waals surface area (Å²) < 4.78 is 0. The van der Waals surface area contributed by atoms with Crippen molar-refractivity contribution in [3.05, 3.63) is 46.5 Å². The molecule has 0 fully saturated rings. The first kappa shape index (κ1) is 14.5. The van der Waals surface area contributed by atoms with E-state index in [1.807, 2.05) is 0 Å². The predicted octanol–water partition coefficient (Wildman–Crippen LogP) is 3.43. The van der Waals surface area contributed by atoms with Crippen LogP contribution < -0.4 is 5.73 Å². The van der Waals surface area contributed by atoms with Gasteiger partial charge in [-0.2, -0.15) is 0 Å². The molecule has 1 rings (SSSR count). The Kier molecular flexibility index (Phi) is 7.49. The van der Waals surface area contributed by atoms with Crippen molar-refractivity contribution in [1.29, 1.82) is 0 Å². The number of aryl methyl sites for hydroxylation is 2. The minimum atomic E-state index is 0. The maximum atomic E-state index is 5.62. The number of rotatable bonds is 4. The Balaban J connectivity index is 0.00000196. The Morgan fingerprint density at radius 2 is 2.20 bits per heavy atom. The molecule has 0 saturated heterocycles. The van der Waals surface area contributed by atoms with Gasteiger partial charge in [0.05, 0.1) is 0 Å². The average molecular weight is 246 g/mol. The van der Waals surface area contributed by atoms with Crippen molar-refractivity contribution in [1.82, 2.24) is 0 Å². The Hall–Kier alpha value is -0.500. The lowest BCUT2D eigenvalue weighted by molar-refractivity contribution is 0.905. The van der Waals surface area contributed by atoms with Crippen molar-refractivity contribution in [2.75, 3.05) is 6.54 Å². The van der Waals surface area contributed by atoms with E-state index in [9.17, 15) is 0 Å². The maximum Gasteiger partial charge on any atom is 0.0148 e. The van der Waals surface area contributed by atoms with Gasteiger partial charge in [-0.3, -0.25) is 0 Å². The van der Waals surface area contributed by atoms with E-state index in [0.717, 1.165) is 18.4 Å². The van der Waals surface area contributed by atoms with Gasteiger partial charge in [0.2, 0.25) is 0 Å². The summed E-state index contributed by atoms with van der Waals surface area (Å²) in [6.07, 6.45) is 1.96. The van der Waals surface area contributed by atoms with E-state index >= 15 is 0 Å². The van der Waals surface area contributed by atoms with Crippen LogP contribution in [0.15, 0.2) is 35.4 Å². The molecule has 0 aliphatic heterocycles. The first-order chi connectivity index (χ1) is 6.76. The van der Waals surface area contributed by atoms with Gasteiger partial charge < -0.3 is 5.73 Å². The molecular weight excluding hydrogens is 229 g/mol. The van der Waals surface area contributed by atoms with Crippen LogP contribution in [0.2, 0.25) is 0 Å². The third kappa shape index (κ3) is 5.22. The molecule has 0 aliphatic rings. The van der Waals surface area contributed by atoms with Crippen molar-refractivity contribution < 1.29 is 0 Å². The monoisotopic (exact) mass is 245 g/mol. The standard InChI is InChI=1S/C12H16ClN.ClH/c1-10-3-2-4-11(7-10)5-6-12(8-13)9-14;/h2-4,7-8H,5-6,9,14H2,1H3;1H/b12-8+;. The van der Waals surface area contributed by atoms with Crippen molar-refractivity contribution in [3.8, 4) is 0 Å². The van der Waals surface area contributed by atoms with Crippen LogP contribution in [0.3, 0.4) is 0 Å². The number of benzene rings is 1. The fourth-order valence-corrected chi connectivity index (χ4v) is 1.57. The molecule has 0 amide bonds. The second-order valence-corrected chi connectivity index (χ2v) is 3.68. The van der Waals surface area contributed by atoms with E-state index in [1.54, 1.807) is 5.54 Å². The van der Waals surface area contributed by atoms with E-state index in [0.29, 0.717) is 6.54 Å². The van der Waals surface area contributed by atoms with Crippen LogP contribution in [0, 0.1) is 6.92 Å². The number of halogens is 2. The van der Waals surface area contributed by atoms with Gasteiger partial charge in [-0.25, -0.2) is 0 Å². The minimum Gasteiger partial charge on any atom is -0.327 e. The molecule has 1 aromatic rings. The van der Waals surface area contributed by atoms with Crippen LogP contribution in [-0.4, -0.2) is 6.54 Å². The van der Waals surface area contributed by atoms with Gasteiger partial charge in [0.1, 0.15) is 0 Å². The molecule has 0 unspecified atom stereocenters. The highest BCUT2D eigenvalue weighted by Crippen LogP contribution is 2.10. The topological polar surface area (TPSA) is 26.0 Å². The van der Waals surface area contributed by atoms with Crippen LogP contribution in [0.1, 0.15) is 17.5 Å². The van der Waals surface area contributed by atoms with Gasteiger partial charge in [0.25, 0.3) is 0 Å². The molecule has 0 aromatic heterocycles. The Morgan fingerprint density at radius 3 is 2.73 bits per heavy atom. The van der Waals surface area contributed by atoms with E-state index in [-0.39, 0.29) is 12.4 Å². The van der Waals surface area contributed by atoms with Gasteiger partial charge >= 0.3 is 0 Å². The molecule has 0 saturated carbocycles. The lowest BCUT2D eigenvalue weighted by Gasteiger charge is -2.04. The van der Waals surface area contributed by atoms with Gasteiger partial charge in [0, 0.05) is 12.1 Å². The number of hydrogen-bond acceptors (Lipinski definition) is 1. The van der Waals surface area contributed by atoms with Crippen LogP contribution in [0.25, 0.3) is 0 Å². The van der Waals surface area contributed by atoms with E-state index < -0.39 is 0 Å². The molecule has 0 spiro atoms. The summed E-state index contributed by atoms with van der Waals surface area (Å²) in [5, 5.41) is 0. The normalized spacial score (nSPS) is 11.0. The third-order valence-electron chi connectivity index (χ3n) is 2.23. The van der Waals surface area contributed by atoms with Gasteiger partial charge in [-0.15, -0.1) is 12.4 Å². The first-order valence-electron chi connectivity index (χ1n) is 4.80. The zero-order valence-electron chi connectivity index (χ0n) is 8.87. The molecule has 2 N–H and O–H groups in total. The fraction of sp³-hybridized carbons (Fsp3) is 0.333. The molecule has 1 aromatic carbocycles. The average Bonchev–Trinajstić information content (AvgIpc) is 2.19. The second-order valence-electron chi connectivity index (χ2n) is 3.46. The minimum absolute atomic E-state index is 0. The molecule has 1 nitrogen and oxygen atoms in total. The molecule has 3 heteroatoms. The van der Waals surface area contributed by atoms with Crippen LogP contribution in [0.5, 0.6) is 0 Å². The highest BCUT2D eigenvalue weighted by molar-refractivity contribution is 6.25. The highest BCUT2D eigenvalue weighted by atomic mass is 35.5. The van der Waals surface area contributed by atoms with Crippen molar-refractivity contribution in [3.63, 3.8) is 0 Å².